The number of esters is 1. The van der Waals surface area contributed by atoms with Gasteiger partial charge in [-0.05, 0) is 103 Å². The summed E-state index contributed by atoms with van der Waals surface area (Å²) in [6, 6.07) is 9.35. The monoisotopic (exact) mass is 604 g/mol. The van der Waals surface area contributed by atoms with Gasteiger partial charge in [0.2, 0.25) is 0 Å². The molecule has 3 saturated carbocycles. The van der Waals surface area contributed by atoms with Crippen LogP contribution in [0.5, 0.6) is 0 Å². The van der Waals surface area contributed by atoms with Gasteiger partial charge in [0.05, 0.1) is 58.5 Å². The normalized spacial score (nSPS) is 22.3. The molecular weight excluding hydrogens is 563 g/mol. The van der Waals surface area contributed by atoms with Crippen LogP contribution in [-0.4, -0.2) is 61.0 Å². The van der Waals surface area contributed by atoms with Crippen molar-refractivity contribution in [2.24, 2.45) is 5.41 Å². The van der Waals surface area contributed by atoms with Crippen molar-refractivity contribution in [3.05, 3.63) is 47.8 Å². The summed E-state index contributed by atoms with van der Waals surface area (Å²) in [5.41, 5.74) is 0.790. The van der Waals surface area contributed by atoms with Crippen molar-refractivity contribution in [2.45, 2.75) is 102 Å². The van der Waals surface area contributed by atoms with Gasteiger partial charge < -0.3 is 20.5 Å². The molecule has 3 aliphatic carbocycles. The van der Waals surface area contributed by atoms with Crippen molar-refractivity contribution in [2.75, 3.05) is 11.9 Å². The first kappa shape index (κ1) is 31.4. The molecule has 3 heterocycles. The third kappa shape index (κ3) is 6.70. The average Bonchev–Trinajstić information content (AvgIpc) is 3.38. The molecule has 1 amide bonds. The van der Waals surface area contributed by atoms with E-state index in [2.05, 4.69) is 26.8 Å². The Bertz CT molecular complexity index is 1590. The van der Waals surface area contributed by atoms with Crippen molar-refractivity contribution in [3.8, 4) is 17.5 Å². The minimum absolute atomic E-state index is 0.0819. The van der Waals surface area contributed by atoms with Crippen LogP contribution in [0.15, 0.2) is 36.7 Å². The topological polar surface area (TPSA) is 142 Å². The molecular formula is C33H41FN6O4. The number of pyridine rings is 1. The van der Waals surface area contributed by atoms with Crippen LogP contribution in [0.4, 0.5) is 10.1 Å². The maximum atomic E-state index is 14.5. The van der Waals surface area contributed by atoms with Crippen LogP contribution in [0.1, 0.15) is 95.5 Å². The summed E-state index contributed by atoms with van der Waals surface area (Å²) < 4.78 is 21.8. The highest BCUT2D eigenvalue weighted by Gasteiger charge is 2.50. The number of carbonyl (C=O) groups excluding carboxylic acids is 2. The second-order valence-electron chi connectivity index (χ2n) is 14.0. The number of hydrogen-bond acceptors (Lipinski definition) is 8. The lowest BCUT2D eigenvalue weighted by Gasteiger charge is -2.54. The number of nitriles is 1. The van der Waals surface area contributed by atoms with Gasteiger partial charge in [0.1, 0.15) is 17.8 Å². The first-order valence-electron chi connectivity index (χ1n) is 15.1. The van der Waals surface area contributed by atoms with Crippen molar-refractivity contribution >= 4 is 23.1 Å². The van der Waals surface area contributed by atoms with E-state index in [0.717, 1.165) is 44.0 Å². The number of carbonyl (C=O) groups is 2. The number of aromatic nitrogens is 3. The molecule has 3 aliphatic rings. The van der Waals surface area contributed by atoms with Gasteiger partial charge in [0.25, 0.3) is 5.91 Å². The molecule has 0 unspecified atom stereocenters. The Morgan fingerprint density at radius 2 is 1.80 bits per heavy atom. The Labute approximate surface area is 257 Å². The second kappa shape index (κ2) is 11.5. The van der Waals surface area contributed by atoms with E-state index in [1.807, 2.05) is 39.0 Å². The number of ether oxygens (including phenoxy) is 1. The van der Waals surface area contributed by atoms with E-state index in [9.17, 15) is 24.3 Å². The maximum Gasteiger partial charge on any atom is 0.306 e. The predicted octanol–water partition coefficient (Wildman–Crippen LogP) is 5.34. The van der Waals surface area contributed by atoms with E-state index in [0.29, 0.717) is 29.1 Å². The number of anilines is 1. The Hall–Kier alpha value is -4.04. The van der Waals surface area contributed by atoms with E-state index in [1.54, 1.807) is 10.6 Å². The summed E-state index contributed by atoms with van der Waals surface area (Å²) in [5, 5.41) is 30.0. The molecule has 0 saturated heterocycles. The van der Waals surface area contributed by atoms with E-state index >= 15 is 0 Å². The minimum atomic E-state index is -1.65. The van der Waals surface area contributed by atoms with Crippen molar-refractivity contribution in [3.63, 3.8) is 0 Å². The molecule has 1 atom stereocenters. The summed E-state index contributed by atoms with van der Waals surface area (Å²) in [6.45, 7) is 8.00. The highest BCUT2D eigenvalue weighted by atomic mass is 19.1. The fraction of sp³-hybridized carbons (Fsp3) is 0.545. The quantitative estimate of drug-likeness (QED) is 0.278. The second-order valence-corrected chi connectivity index (χ2v) is 14.0. The summed E-state index contributed by atoms with van der Waals surface area (Å²) in [6.07, 6.45) is 6.78. The lowest BCUT2D eigenvalue weighted by molar-refractivity contribution is -0.159. The van der Waals surface area contributed by atoms with Gasteiger partial charge in [-0.2, -0.15) is 10.4 Å². The zero-order valence-corrected chi connectivity index (χ0v) is 26.0. The standard InChI is InChI=1S/C33H41FN6O4/c1-30(2,3)44-28(41)16-32-8-11-33(12-9-32,13-10-32)39-24-15-25(26-7-6-22-14-21(17-35)18-38-40(22)26)36-19-23(24)29(42)37-20-27(34)31(4,5)43/h6-7,14-15,18-19,27,43H,8-13,16,20H2,1-5H3,(H,36,39)(H,37,42)/t27-,32?,33?/m1/s1. The highest BCUT2D eigenvalue weighted by molar-refractivity contribution is 6.00. The van der Waals surface area contributed by atoms with Crippen molar-refractivity contribution in [1.82, 2.24) is 19.9 Å². The van der Waals surface area contributed by atoms with Crippen molar-refractivity contribution < 1.29 is 23.8 Å². The van der Waals surface area contributed by atoms with E-state index < -0.39 is 23.3 Å². The molecule has 6 rings (SSSR count). The lowest BCUT2D eigenvalue weighted by Crippen LogP contribution is -2.52. The molecule has 3 fully saturated rings. The first-order valence-corrected chi connectivity index (χ1v) is 15.1. The molecule has 0 aromatic carbocycles. The maximum absolute atomic E-state index is 14.5. The summed E-state index contributed by atoms with van der Waals surface area (Å²) in [4.78, 5) is 30.6. The van der Waals surface area contributed by atoms with Crippen LogP contribution >= 0.6 is 0 Å². The van der Waals surface area contributed by atoms with Gasteiger partial charge in [0, 0.05) is 11.7 Å². The Kier molecular flexibility index (Phi) is 8.18. The number of nitrogens with one attached hydrogen (secondary N) is 2. The van der Waals surface area contributed by atoms with Crippen LogP contribution < -0.4 is 10.6 Å². The fourth-order valence-electron chi connectivity index (χ4n) is 6.35. The van der Waals surface area contributed by atoms with Gasteiger partial charge >= 0.3 is 5.97 Å². The Morgan fingerprint density at radius 1 is 1.11 bits per heavy atom. The summed E-state index contributed by atoms with van der Waals surface area (Å²) in [7, 11) is 0. The average molecular weight is 605 g/mol. The van der Waals surface area contributed by atoms with Gasteiger partial charge in [-0.15, -0.1) is 0 Å². The summed E-state index contributed by atoms with van der Waals surface area (Å²) in [5.74, 6) is -0.665. The number of nitrogens with zero attached hydrogens (tertiary/aromatic N) is 4. The number of hydrogen-bond donors (Lipinski definition) is 3. The number of halogens is 1. The molecule has 3 aromatic rings. The minimum Gasteiger partial charge on any atom is -0.460 e. The van der Waals surface area contributed by atoms with Gasteiger partial charge in [-0.3, -0.25) is 14.6 Å². The molecule has 44 heavy (non-hydrogen) atoms. The SMILES string of the molecule is CC(C)(C)OC(=O)CC12CCC(Nc3cc(-c4ccc5cc(C#N)cnn45)ncc3C(=O)NC[C@@H](F)C(C)(C)O)(CC1)CC2. The van der Waals surface area contributed by atoms with Gasteiger partial charge in [-0.1, -0.05) is 0 Å². The summed E-state index contributed by atoms with van der Waals surface area (Å²) >= 11 is 0. The number of rotatable bonds is 9. The van der Waals surface area contributed by atoms with Crippen LogP contribution in [0.25, 0.3) is 16.9 Å². The number of amides is 1. The Balaban J connectivity index is 1.42. The van der Waals surface area contributed by atoms with E-state index in [4.69, 9.17) is 4.74 Å². The Morgan fingerprint density at radius 3 is 2.41 bits per heavy atom. The van der Waals surface area contributed by atoms with Crippen LogP contribution in [0.2, 0.25) is 0 Å². The molecule has 0 radical (unpaired) electrons. The molecule has 3 N–H and O–H groups in total. The third-order valence-electron chi connectivity index (χ3n) is 8.99. The first-order chi connectivity index (χ1) is 20.6. The number of alkyl halides is 1. The van der Waals surface area contributed by atoms with E-state index in [-0.39, 0.29) is 29.0 Å². The zero-order chi connectivity index (χ0) is 31.9. The molecule has 0 aliphatic heterocycles. The number of fused-ring (bicyclic) bond motifs is 4. The molecule has 10 nitrogen and oxygen atoms in total. The van der Waals surface area contributed by atoms with E-state index in [1.165, 1.54) is 26.2 Å². The molecule has 3 aromatic heterocycles. The predicted molar refractivity (Wildman–Crippen MR) is 164 cm³/mol. The third-order valence-corrected chi connectivity index (χ3v) is 8.99. The molecule has 234 valence electrons. The lowest BCUT2D eigenvalue weighted by atomic mass is 9.56. The van der Waals surface area contributed by atoms with Gasteiger partial charge in [0.15, 0.2) is 0 Å². The number of aliphatic hydroxyl groups is 1. The fourth-order valence-corrected chi connectivity index (χ4v) is 6.35. The molecule has 2 bridgehead atoms. The van der Waals surface area contributed by atoms with Crippen LogP contribution in [-0.2, 0) is 9.53 Å². The van der Waals surface area contributed by atoms with Crippen molar-refractivity contribution in [1.29, 1.82) is 5.26 Å². The zero-order valence-electron chi connectivity index (χ0n) is 26.0. The van der Waals surface area contributed by atoms with Gasteiger partial charge in [-0.25, -0.2) is 8.91 Å². The van der Waals surface area contributed by atoms with Crippen LogP contribution in [0, 0.1) is 16.7 Å². The smallest absolute Gasteiger partial charge is 0.306 e. The highest BCUT2D eigenvalue weighted by Crippen LogP contribution is 2.55. The largest absolute Gasteiger partial charge is 0.460 e. The van der Waals surface area contributed by atoms with Crippen LogP contribution in [0.3, 0.4) is 0 Å². The molecule has 0 spiro atoms. The molecule has 11 heteroatoms.